The molecule has 0 spiro atoms. The number of benzene rings is 3. The second-order valence-corrected chi connectivity index (χ2v) is 9.03. The first-order chi connectivity index (χ1) is 14.8. The lowest BCUT2D eigenvalue weighted by atomic mass is 10.1. The quantitative estimate of drug-likeness (QED) is 0.362. The molecule has 162 valence electrons. The Morgan fingerprint density at radius 1 is 1.13 bits per heavy atom. The molecule has 3 aromatic carbocycles. The number of rotatable bonds is 7. The largest absolute Gasteiger partial charge is 0.494 e. The van der Waals surface area contributed by atoms with Crippen molar-refractivity contribution in [1.82, 2.24) is 4.72 Å². The predicted octanol–water partition coefficient (Wildman–Crippen LogP) is 4.47. The maximum absolute atomic E-state index is 12.2. The number of anilines is 2. The van der Waals surface area contributed by atoms with Crippen LogP contribution in [0.1, 0.15) is 30.1 Å². The number of hydrogen-bond acceptors (Lipinski definition) is 6. The molecule has 8 nitrogen and oxygen atoms in total. The minimum Gasteiger partial charge on any atom is -0.494 e. The van der Waals surface area contributed by atoms with Crippen molar-refractivity contribution in [3.63, 3.8) is 0 Å². The van der Waals surface area contributed by atoms with E-state index in [0.29, 0.717) is 18.0 Å². The normalized spacial score (nSPS) is 12.5. The van der Waals surface area contributed by atoms with Crippen LogP contribution >= 0.6 is 0 Å². The van der Waals surface area contributed by atoms with Gasteiger partial charge in [-0.2, -0.15) is 0 Å². The molecular formula is C22H22N2O6S. The maximum Gasteiger partial charge on any atom is 0.338 e. The molecule has 0 saturated carbocycles. The standard InChI is InChI=1S/C22H22N2O6S/c1-3-4-7-29-15-6-5-13-10-19-18(9-14(13)8-15)24-21-17(22(25)26)11-16(12-20(21)30-19)31(27,28)23-2/h5-6,8-12,23-24H,3-4,7H2,1-2H3,(H,25,26). The average molecular weight is 442 g/mol. The second kappa shape index (κ2) is 8.09. The fourth-order valence-corrected chi connectivity index (χ4v) is 4.13. The van der Waals surface area contributed by atoms with Gasteiger partial charge in [0.05, 0.1) is 28.4 Å². The van der Waals surface area contributed by atoms with Crippen molar-refractivity contribution in [2.24, 2.45) is 0 Å². The van der Waals surface area contributed by atoms with E-state index in [1.807, 2.05) is 30.3 Å². The molecule has 0 unspecified atom stereocenters. The van der Waals surface area contributed by atoms with Crippen LogP contribution in [0.3, 0.4) is 0 Å². The van der Waals surface area contributed by atoms with Gasteiger partial charge in [0.1, 0.15) is 5.75 Å². The van der Waals surface area contributed by atoms with E-state index in [0.717, 1.165) is 35.4 Å². The topological polar surface area (TPSA) is 114 Å². The van der Waals surface area contributed by atoms with E-state index in [9.17, 15) is 18.3 Å². The molecule has 3 N–H and O–H groups in total. The van der Waals surface area contributed by atoms with E-state index in [4.69, 9.17) is 9.47 Å². The lowest BCUT2D eigenvalue weighted by molar-refractivity contribution is 0.0697. The summed E-state index contributed by atoms with van der Waals surface area (Å²) in [6.45, 7) is 2.74. The summed E-state index contributed by atoms with van der Waals surface area (Å²) in [5, 5.41) is 14.5. The van der Waals surface area contributed by atoms with Gasteiger partial charge in [0.25, 0.3) is 0 Å². The number of sulfonamides is 1. The Kier molecular flexibility index (Phi) is 5.47. The summed E-state index contributed by atoms with van der Waals surface area (Å²) < 4.78 is 38.3. The number of fused-ring (bicyclic) bond motifs is 3. The minimum atomic E-state index is -3.85. The van der Waals surface area contributed by atoms with Crippen molar-refractivity contribution >= 4 is 38.1 Å². The van der Waals surface area contributed by atoms with Crippen molar-refractivity contribution < 1.29 is 27.8 Å². The zero-order valence-electron chi connectivity index (χ0n) is 17.1. The van der Waals surface area contributed by atoms with Crippen molar-refractivity contribution in [2.45, 2.75) is 24.7 Å². The van der Waals surface area contributed by atoms with Crippen LogP contribution in [0.4, 0.5) is 11.4 Å². The number of carboxylic acids is 1. The Morgan fingerprint density at radius 2 is 1.94 bits per heavy atom. The predicted molar refractivity (Wildman–Crippen MR) is 117 cm³/mol. The van der Waals surface area contributed by atoms with Crippen LogP contribution in [0.25, 0.3) is 10.8 Å². The van der Waals surface area contributed by atoms with Gasteiger partial charge in [-0.05, 0) is 54.6 Å². The smallest absolute Gasteiger partial charge is 0.338 e. The van der Waals surface area contributed by atoms with E-state index in [1.165, 1.54) is 13.1 Å². The monoisotopic (exact) mass is 442 g/mol. The molecule has 0 fully saturated rings. The number of carboxylic acid groups (broad SMARTS) is 1. The van der Waals surface area contributed by atoms with E-state index in [2.05, 4.69) is 17.0 Å². The highest BCUT2D eigenvalue weighted by atomic mass is 32.2. The number of unbranched alkanes of at least 4 members (excludes halogenated alkanes) is 1. The second-order valence-electron chi connectivity index (χ2n) is 7.14. The van der Waals surface area contributed by atoms with Gasteiger partial charge >= 0.3 is 5.97 Å². The SMILES string of the molecule is CCCCOc1ccc2cc3c(cc2c1)Nc1c(cc(S(=O)(=O)NC)cc1C(=O)O)O3. The molecule has 4 rings (SSSR count). The summed E-state index contributed by atoms with van der Waals surface area (Å²) in [6, 6.07) is 11.8. The van der Waals surface area contributed by atoms with Crippen LogP contribution in [0.5, 0.6) is 17.2 Å². The fourth-order valence-electron chi connectivity index (χ4n) is 3.36. The molecule has 0 aromatic heterocycles. The Labute approximate surface area is 179 Å². The first-order valence-corrected chi connectivity index (χ1v) is 11.3. The Hall–Kier alpha value is -3.30. The van der Waals surface area contributed by atoms with Gasteiger partial charge in [0.15, 0.2) is 11.5 Å². The third kappa shape index (κ3) is 4.01. The number of hydrogen-bond donors (Lipinski definition) is 3. The summed E-state index contributed by atoms with van der Waals surface area (Å²) in [6.07, 6.45) is 2.02. The zero-order chi connectivity index (χ0) is 22.2. The number of carbonyl (C=O) groups is 1. The Bertz CT molecular complexity index is 1290. The molecule has 0 aliphatic carbocycles. The molecule has 0 atom stereocenters. The van der Waals surface area contributed by atoms with E-state index < -0.39 is 16.0 Å². The summed E-state index contributed by atoms with van der Waals surface area (Å²) in [5.74, 6) is 0.0811. The highest BCUT2D eigenvalue weighted by Crippen LogP contribution is 2.46. The molecule has 0 radical (unpaired) electrons. The molecule has 9 heteroatoms. The van der Waals surface area contributed by atoms with Gasteiger partial charge in [-0.15, -0.1) is 0 Å². The molecule has 0 saturated heterocycles. The van der Waals surface area contributed by atoms with Crippen molar-refractivity contribution in [2.75, 3.05) is 19.0 Å². The zero-order valence-corrected chi connectivity index (χ0v) is 17.9. The summed E-state index contributed by atoms with van der Waals surface area (Å²) in [7, 11) is -2.59. The molecule has 3 aromatic rings. The molecule has 0 bridgehead atoms. The van der Waals surface area contributed by atoms with Crippen LogP contribution in [-0.4, -0.2) is 33.1 Å². The lowest BCUT2D eigenvalue weighted by Crippen LogP contribution is -2.20. The van der Waals surface area contributed by atoms with Crippen LogP contribution in [-0.2, 0) is 10.0 Å². The Morgan fingerprint density at radius 3 is 2.65 bits per heavy atom. The summed E-state index contributed by atoms with van der Waals surface area (Å²) in [5.41, 5.74) is 0.580. The van der Waals surface area contributed by atoms with Gasteiger partial charge < -0.3 is 19.9 Å². The van der Waals surface area contributed by atoms with Crippen LogP contribution < -0.4 is 19.5 Å². The number of ether oxygens (including phenoxy) is 2. The molecular weight excluding hydrogens is 420 g/mol. The van der Waals surface area contributed by atoms with Gasteiger partial charge in [0.2, 0.25) is 10.0 Å². The molecule has 1 aliphatic heterocycles. The van der Waals surface area contributed by atoms with Crippen molar-refractivity contribution in [3.05, 3.63) is 48.0 Å². The molecule has 1 aliphatic rings. The van der Waals surface area contributed by atoms with E-state index in [-0.39, 0.29) is 21.9 Å². The van der Waals surface area contributed by atoms with Gasteiger partial charge in [-0.3, -0.25) is 0 Å². The third-order valence-corrected chi connectivity index (χ3v) is 6.44. The molecule has 1 heterocycles. The highest BCUT2D eigenvalue weighted by Gasteiger charge is 2.27. The minimum absolute atomic E-state index is 0.125. The first kappa shape index (κ1) is 21.0. The maximum atomic E-state index is 12.2. The highest BCUT2D eigenvalue weighted by molar-refractivity contribution is 7.89. The Balaban J connectivity index is 1.76. The third-order valence-electron chi connectivity index (χ3n) is 5.04. The van der Waals surface area contributed by atoms with Crippen molar-refractivity contribution in [3.8, 4) is 17.2 Å². The number of nitrogens with one attached hydrogen (secondary N) is 2. The lowest BCUT2D eigenvalue weighted by Gasteiger charge is -2.24. The summed E-state index contributed by atoms with van der Waals surface area (Å²) >= 11 is 0. The van der Waals surface area contributed by atoms with E-state index >= 15 is 0 Å². The fraction of sp³-hybridized carbons (Fsp3) is 0.227. The first-order valence-electron chi connectivity index (χ1n) is 9.82. The number of aromatic carboxylic acids is 1. The molecule has 31 heavy (non-hydrogen) atoms. The summed E-state index contributed by atoms with van der Waals surface area (Å²) in [4.78, 5) is 11.6. The van der Waals surface area contributed by atoms with Crippen LogP contribution in [0.2, 0.25) is 0 Å². The molecule has 0 amide bonds. The van der Waals surface area contributed by atoms with Crippen LogP contribution in [0.15, 0.2) is 47.4 Å². The van der Waals surface area contributed by atoms with Gasteiger partial charge in [-0.25, -0.2) is 17.9 Å². The average Bonchev–Trinajstić information content (AvgIpc) is 2.75. The van der Waals surface area contributed by atoms with Crippen molar-refractivity contribution in [1.29, 1.82) is 0 Å². The van der Waals surface area contributed by atoms with E-state index in [1.54, 1.807) is 0 Å². The van der Waals surface area contributed by atoms with Crippen LogP contribution in [0, 0.1) is 0 Å². The van der Waals surface area contributed by atoms with Gasteiger partial charge in [0, 0.05) is 6.07 Å². The van der Waals surface area contributed by atoms with Gasteiger partial charge in [-0.1, -0.05) is 19.4 Å².